The van der Waals surface area contributed by atoms with Crippen LogP contribution in [0.3, 0.4) is 0 Å². The van der Waals surface area contributed by atoms with Crippen molar-refractivity contribution in [3.8, 4) is 0 Å². The molecule has 2 unspecified atom stereocenters. The second kappa shape index (κ2) is 11.5. The molecule has 1 aromatic heterocycles. The molecule has 3 N–H and O–H groups in total. The molecule has 0 aliphatic carbocycles. The van der Waals surface area contributed by atoms with Gasteiger partial charge in [0.15, 0.2) is 5.96 Å². The molecule has 1 aromatic carbocycles. The van der Waals surface area contributed by atoms with Crippen LogP contribution in [0.4, 0.5) is 0 Å². The van der Waals surface area contributed by atoms with Gasteiger partial charge in [-0.3, -0.25) is 9.79 Å². The van der Waals surface area contributed by atoms with Crippen molar-refractivity contribution in [3.05, 3.63) is 57.8 Å². The second-order valence-corrected chi connectivity index (χ2v) is 8.21. The number of thiophene rings is 1. The Bertz CT molecular complexity index is 740. The maximum Gasteiger partial charge on any atom is 0.251 e. The third-order valence-electron chi connectivity index (χ3n) is 4.64. The molecule has 1 amide bonds. The third kappa shape index (κ3) is 7.35. The first kappa shape index (κ1) is 22.0. The first-order valence-electron chi connectivity index (χ1n) is 9.88. The lowest BCUT2D eigenvalue weighted by atomic mass is 10.1. The molecule has 0 saturated carbocycles. The van der Waals surface area contributed by atoms with E-state index >= 15 is 0 Å². The van der Waals surface area contributed by atoms with E-state index < -0.39 is 0 Å². The van der Waals surface area contributed by atoms with E-state index in [0.717, 1.165) is 30.9 Å². The van der Waals surface area contributed by atoms with Gasteiger partial charge in [-0.1, -0.05) is 32.0 Å². The molecule has 6 heteroatoms. The number of hydrogen-bond donors (Lipinski definition) is 3. The van der Waals surface area contributed by atoms with E-state index in [1.165, 1.54) is 4.88 Å². The maximum absolute atomic E-state index is 12.1. The van der Waals surface area contributed by atoms with Crippen molar-refractivity contribution in [3.63, 3.8) is 0 Å². The van der Waals surface area contributed by atoms with Gasteiger partial charge in [0.1, 0.15) is 0 Å². The lowest BCUT2D eigenvalue weighted by molar-refractivity contribution is 0.0939. The molecule has 2 atom stereocenters. The second-order valence-electron chi connectivity index (χ2n) is 7.18. The number of rotatable bonds is 9. The molecule has 2 rings (SSSR count). The van der Waals surface area contributed by atoms with Gasteiger partial charge >= 0.3 is 0 Å². The zero-order valence-corrected chi connectivity index (χ0v) is 18.1. The van der Waals surface area contributed by atoms with E-state index in [4.69, 9.17) is 0 Å². The van der Waals surface area contributed by atoms with Crippen molar-refractivity contribution in [2.24, 2.45) is 10.9 Å². The number of nitrogens with zero attached hydrogens (tertiary/aromatic N) is 1. The summed E-state index contributed by atoms with van der Waals surface area (Å²) in [6.07, 6.45) is 1.99. The summed E-state index contributed by atoms with van der Waals surface area (Å²) in [5, 5.41) is 11.8. The molecule has 0 spiro atoms. The minimum Gasteiger partial charge on any atom is -0.356 e. The molecule has 0 saturated heterocycles. The molecule has 0 radical (unpaired) electrons. The maximum atomic E-state index is 12.1. The fourth-order valence-electron chi connectivity index (χ4n) is 2.70. The third-order valence-corrected chi connectivity index (χ3v) is 5.54. The van der Waals surface area contributed by atoms with Gasteiger partial charge in [0.2, 0.25) is 0 Å². The molecule has 0 aliphatic heterocycles. The predicted octanol–water partition coefficient (Wildman–Crippen LogP) is 3.82. The van der Waals surface area contributed by atoms with E-state index in [2.05, 4.69) is 52.3 Å². The number of hydrogen-bond acceptors (Lipinski definition) is 3. The van der Waals surface area contributed by atoms with Crippen LogP contribution >= 0.6 is 11.3 Å². The van der Waals surface area contributed by atoms with Crippen LogP contribution in [-0.2, 0) is 13.0 Å². The van der Waals surface area contributed by atoms with Crippen LogP contribution in [0.2, 0.25) is 0 Å². The SMILES string of the molecule is CCC(C)NC(=O)c1ccc(CNC(=NC)NCC(C)Cc2cccs2)cc1. The van der Waals surface area contributed by atoms with E-state index in [-0.39, 0.29) is 11.9 Å². The van der Waals surface area contributed by atoms with Crippen LogP contribution in [0.5, 0.6) is 0 Å². The highest BCUT2D eigenvalue weighted by Crippen LogP contribution is 2.13. The van der Waals surface area contributed by atoms with Gasteiger partial charge in [-0.05, 0) is 54.8 Å². The first-order chi connectivity index (χ1) is 13.5. The first-order valence-corrected chi connectivity index (χ1v) is 10.8. The molecule has 2 aromatic rings. The summed E-state index contributed by atoms with van der Waals surface area (Å²) in [6.45, 7) is 7.83. The van der Waals surface area contributed by atoms with Crippen molar-refractivity contribution < 1.29 is 4.79 Å². The number of guanidine groups is 1. The smallest absolute Gasteiger partial charge is 0.251 e. The average Bonchev–Trinajstić information content (AvgIpc) is 3.21. The topological polar surface area (TPSA) is 65.5 Å². The Kier molecular flexibility index (Phi) is 9.01. The highest BCUT2D eigenvalue weighted by Gasteiger charge is 2.09. The number of nitrogens with one attached hydrogen (secondary N) is 3. The number of amides is 1. The van der Waals surface area contributed by atoms with Gasteiger partial charge in [-0.2, -0.15) is 0 Å². The zero-order valence-electron chi connectivity index (χ0n) is 17.3. The molecule has 5 nitrogen and oxygen atoms in total. The van der Waals surface area contributed by atoms with E-state index in [0.29, 0.717) is 18.0 Å². The Morgan fingerprint density at radius 2 is 1.89 bits per heavy atom. The largest absolute Gasteiger partial charge is 0.356 e. The molecule has 0 fully saturated rings. The quantitative estimate of drug-likeness (QED) is 0.443. The number of carbonyl (C=O) groups is 1. The van der Waals surface area contributed by atoms with Crippen LogP contribution < -0.4 is 16.0 Å². The van der Waals surface area contributed by atoms with E-state index in [1.807, 2.05) is 31.2 Å². The van der Waals surface area contributed by atoms with Crippen LogP contribution in [-0.4, -0.2) is 31.5 Å². The van der Waals surface area contributed by atoms with E-state index in [9.17, 15) is 4.79 Å². The Morgan fingerprint density at radius 1 is 1.14 bits per heavy atom. The van der Waals surface area contributed by atoms with Crippen LogP contribution in [0, 0.1) is 5.92 Å². The van der Waals surface area contributed by atoms with Gasteiger partial charge in [-0.15, -0.1) is 11.3 Å². The minimum atomic E-state index is -0.0222. The molecular formula is C22H32N4OS. The molecular weight excluding hydrogens is 368 g/mol. The van der Waals surface area contributed by atoms with Crippen LogP contribution in [0.25, 0.3) is 0 Å². The monoisotopic (exact) mass is 400 g/mol. The summed E-state index contributed by atoms with van der Waals surface area (Å²) in [6, 6.07) is 12.2. The highest BCUT2D eigenvalue weighted by atomic mass is 32.1. The summed E-state index contributed by atoms with van der Waals surface area (Å²) >= 11 is 1.80. The predicted molar refractivity (Wildman–Crippen MR) is 119 cm³/mol. The lowest BCUT2D eigenvalue weighted by Gasteiger charge is -2.16. The van der Waals surface area contributed by atoms with Gasteiger partial charge in [0, 0.05) is 36.6 Å². The van der Waals surface area contributed by atoms with Crippen molar-refractivity contribution in [2.75, 3.05) is 13.6 Å². The summed E-state index contributed by atoms with van der Waals surface area (Å²) in [5.41, 5.74) is 1.80. The summed E-state index contributed by atoms with van der Waals surface area (Å²) in [4.78, 5) is 17.8. The lowest BCUT2D eigenvalue weighted by Crippen LogP contribution is -2.39. The van der Waals surface area contributed by atoms with Crippen LogP contribution in [0.1, 0.15) is 48.0 Å². The highest BCUT2D eigenvalue weighted by molar-refractivity contribution is 7.09. The Balaban J connectivity index is 1.77. The van der Waals surface area contributed by atoms with Gasteiger partial charge in [0.25, 0.3) is 5.91 Å². The summed E-state index contributed by atoms with van der Waals surface area (Å²) in [5.74, 6) is 1.29. The van der Waals surface area contributed by atoms with E-state index in [1.54, 1.807) is 18.4 Å². The molecule has 0 aliphatic rings. The normalized spacial score (nSPS) is 13.6. The standard InChI is InChI=1S/C22H32N4OS/c1-5-17(3)26-21(27)19-10-8-18(9-11-19)15-25-22(23-4)24-14-16(2)13-20-7-6-12-28-20/h6-12,16-17H,5,13-15H2,1-4H3,(H,26,27)(H2,23,24,25). The van der Waals surface area contributed by atoms with Crippen LogP contribution in [0.15, 0.2) is 46.8 Å². The Hall–Kier alpha value is -2.34. The van der Waals surface area contributed by atoms with Crippen molar-refractivity contribution in [1.29, 1.82) is 0 Å². The fraction of sp³-hybridized carbons (Fsp3) is 0.455. The molecule has 0 bridgehead atoms. The van der Waals surface area contributed by atoms with Gasteiger partial charge < -0.3 is 16.0 Å². The van der Waals surface area contributed by atoms with Gasteiger partial charge in [-0.25, -0.2) is 0 Å². The number of carbonyl (C=O) groups excluding carboxylic acids is 1. The Morgan fingerprint density at radius 3 is 2.50 bits per heavy atom. The minimum absolute atomic E-state index is 0.0222. The van der Waals surface area contributed by atoms with Crippen molar-refractivity contribution >= 4 is 23.2 Å². The van der Waals surface area contributed by atoms with Crippen molar-refractivity contribution in [2.45, 2.75) is 46.2 Å². The Labute approximate surface area is 172 Å². The number of benzene rings is 1. The van der Waals surface area contributed by atoms with Crippen molar-refractivity contribution in [1.82, 2.24) is 16.0 Å². The fourth-order valence-corrected chi connectivity index (χ4v) is 3.57. The van der Waals surface area contributed by atoms with Gasteiger partial charge in [0.05, 0.1) is 0 Å². The average molecular weight is 401 g/mol. The number of aliphatic imine (C=N–C) groups is 1. The summed E-state index contributed by atoms with van der Waals surface area (Å²) < 4.78 is 0. The molecule has 1 heterocycles. The molecule has 28 heavy (non-hydrogen) atoms. The summed E-state index contributed by atoms with van der Waals surface area (Å²) in [7, 11) is 1.78. The molecule has 152 valence electrons. The zero-order chi connectivity index (χ0) is 20.4.